The van der Waals surface area contributed by atoms with Crippen LogP contribution in [0, 0.1) is 5.92 Å². The van der Waals surface area contributed by atoms with Crippen molar-refractivity contribution in [3.8, 4) is 0 Å². The van der Waals surface area contributed by atoms with Crippen molar-refractivity contribution in [3.63, 3.8) is 0 Å². The van der Waals surface area contributed by atoms with E-state index in [2.05, 4.69) is 15.6 Å². The van der Waals surface area contributed by atoms with E-state index in [-0.39, 0.29) is 18.2 Å². The van der Waals surface area contributed by atoms with E-state index in [0.717, 1.165) is 40.6 Å². The van der Waals surface area contributed by atoms with Crippen LogP contribution in [0.1, 0.15) is 38.2 Å². The fourth-order valence-electron chi connectivity index (χ4n) is 4.88. The van der Waals surface area contributed by atoms with Crippen LogP contribution in [0.3, 0.4) is 0 Å². The normalized spacial score (nSPS) is 23.9. The number of hydrogen-bond donors (Lipinski definition) is 3. The zero-order chi connectivity index (χ0) is 22.9. The highest BCUT2D eigenvalue weighted by atomic mass is 16.5. The third kappa shape index (κ3) is 3.83. The maximum atomic E-state index is 13.1. The molecule has 2 aliphatic rings. The summed E-state index contributed by atoms with van der Waals surface area (Å²) in [6.07, 6.45) is 5.29. The topological polar surface area (TPSA) is 121 Å². The summed E-state index contributed by atoms with van der Waals surface area (Å²) in [5.74, 6) is -1.55. The lowest BCUT2D eigenvalue weighted by molar-refractivity contribution is -0.145. The van der Waals surface area contributed by atoms with Gasteiger partial charge in [-0.05, 0) is 30.4 Å². The zero-order valence-corrected chi connectivity index (χ0v) is 18.3. The molecule has 4 rings (SSSR count). The summed E-state index contributed by atoms with van der Waals surface area (Å²) in [6, 6.07) is 6.13. The molecule has 3 N–H and O–H groups in total. The van der Waals surface area contributed by atoms with Gasteiger partial charge in [-0.25, -0.2) is 9.59 Å². The molecule has 2 heterocycles. The number of fused-ring (bicyclic) bond motifs is 1. The minimum absolute atomic E-state index is 0.00505. The second-order valence-electron chi connectivity index (χ2n) is 8.65. The maximum Gasteiger partial charge on any atom is 0.328 e. The van der Waals surface area contributed by atoms with Crippen molar-refractivity contribution in [3.05, 3.63) is 36.0 Å². The Morgan fingerprint density at radius 3 is 2.81 bits per heavy atom. The second kappa shape index (κ2) is 8.64. The molecule has 1 aromatic heterocycles. The molecule has 2 fully saturated rings. The highest BCUT2D eigenvalue weighted by molar-refractivity contribution is 6.09. The molecule has 0 radical (unpaired) electrons. The summed E-state index contributed by atoms with van der Waals surface area (Å²) in [5, 5.41) is 6.41. The molecule has 9 heteroatoms. The number of aromatic nitrogens is 1. The minimum Gasteiger partial charge on any atom is -0.467 e. The lowest BCUT2D eigenvalue weighted by atomic mass is 9.73. The largest absolute Gasteiger partial charge is 0.467 e. The van der Waals surface area contributed by atoms with Gasteiger partial charge in [-0.3, -0.25) is 14.5 Å². The molecule has 0 bridgehead atoms. The average molecular weight is 441 g/mol. The van der Waals surface area contributed by atoms with Crippen molar-refractivity contribution < 1.29 is 23.9 Å². The monoisotopic (exact) mass is 440 g/mol. The van der Waals surface area contributed by atoms with Gasteiger partial charge < -0.3 is 20.4 Å². The number of carbonyl (C=O) groups excluding carboxylic acids is 4. The van der Waals surface area contributed by atoms with E-state index >= 15 is 0 Å². The quantitative estimate of drug-likeness (QED) is 0.468. The van der Waals surface area contributed by atoms with Gasteiger partial charge in [-0.1, -0.05) is 38.0 Å². The summed E-state index contributed by atoms with van der Waals surface area (Å²) in [6.45, 7) is 1.51. The van der Waals surface area contributed by atoms with E-state index in [1.807, 2.05) is 31.2 Å². The van der Waals surface area contributed by atoms with Crippen molar-refractivity contribution in [2.24, 2.45) is 5.92 Å². The van der Waals surface area contributed by atoms with Gasteiger partial charge in [0.25, 0.3) is 5.91 Å². The highest BCUT2D eigenvalue weighted by Crippen LogP contribution is 2.38. The molecule has 170 valence electrons. The number of H-pyrrole nitrogens is 1. The molecule has 1 aliphatic heterocycles. The van der Waals surface area contributed by atoms with E-state index in [4.69, 9.17) is 4.74 Å². The summed E-state index contributed by atoms with van der Waals surface area (Å²) in [7, 11) is 1.25. The molecule has 1 aliphatic carbocycles. The zero-order valence-electron chi connectivity index (χ0n) is 18.3. The van der Waals surface area contributed by atoms with E-state index in [9.17, 15) is 19.2 Å². The number of ether oxygens (including phenoxy) is 1. The van der Waals surface area contributed by atoms with Crippen molar-refractivity contribution >= 4 is 34.7 Å². The van der Waals surface area contributed by atoms with Crippen LogP contribution in [-0.2, 0) is 25.5 Å². The molecule has 1 saturated carbocycles. The molecular formula is C23H28N4O5. The molecule has 9 nitrogen and oxygen atoms in total. The van der Waals surface area contributed by atoms with Crippen LogP contribution in [0.5, 0.6) is 0 Å². The Labute approximate surface area is 185 Å². The first kappa shape index (κ1) is 21.9. The van der Waals surface area contributed by atoms with Crippen LogP contribution >= 0.6 is 0 Å². The van der Waals surface area contributed by atoms with E-state index < -0.39 is 36.0 Å². The van der Waals surface area contributed by atoms with Crippen molar-refractivity contribution in [2.75, 3.05) is 13.7 Å². The van der Waals surface area contributed by atoms with Gasteiger partial charge in [0.15, 0.2) is 0 Å². The van der Waals surface area contributed by atoms with Crippen LogP contribution < -0.4 is 10.6 Å². The Morgan fingerprint density at radius 1 is 1.28 bits per heavy atom. The third-order valence-electron chi connectivity index (χ3n) is 6.72. The van der Waals surface area contributed by atoms with Crippen molar-refractivity contribution in [1.82, 2.24) is 20.5 Å². The van der Waals surface area contributed by atoms with E-state index in [1.165, 1.54) is 7.11 Å². The summed E-state index contributed by atoms with van der Waals surface area (Å²) in [5.41, 5.74) is 0.839. The number of hydrogen-bond acceptors (Lipinski definition) is 5. The Bertz CT molecular complexity index is 1060. The number of nitrogens with one attached hydrogen (secondary N) is 3. The first-order valence-electron chi connectivity index (χ1n) is 10.9. The van der Waals surface area contributed by atoms with Crippen LogP contribution in [0.25, 0.3) is 10.9 Å². The second-order valence-corrected chi connectivity index (χ2v) is 8.65. The van der Waals surface area contributed by atoms with Crippen LogP contribution in [0.2, 0.25) is 0 Å². The Balaban J connectivity index is 1.46. The fourth-order valence-corrected chi connectivity index (χ4v) is 4.88. The number of urea groups is 1. The first-order chi connectivity index (χ1) is 15.4. The predicted molar refractivity (Wildman–Crippen MR) is 117 cm³/mol. The van der Waals surface area contributed by atoms with E-state index in [1.54, 1.807) is 6.20 Å². The SMILES string of the molecule is COC(=O)[C@@H](Cc1c[nH]c2ccccc12)NC(=O)CN1C(=O)NC2(CCCCC2C)C1=O. The number of aromatic amines is 1. The van der Waals surface area contributed by atoms with Gasteiger partial charge in [0.05, 0.1) is 7.11 Å². The number of imide groups is 1. The number of methoxy groups -OCH3 is 1. The molecule has 1 spiro atoms. The molecule has 3 atom stereocenters. The smallest absolute Gasteiger partial charge is 0.328 e. The summed E-state index contributed by atoms with van der Waals surface area (Å²) in [4.78, 5) is 54.8. The van der Waals surface area contributed by atoms with Crippen LogP contribution in [-0.4, -0.2) is 58.9 Å². The Hall–Kier alpha value is -3.36. The lowest BCUT2D eigenvalue weighted by Gasteiger charge is -2.36. The molecule has 1 aromatic carbocycles. The number of rotatable bonds is 6. The maximum absolute atomic E-state index is 13.1. The molecule has 4 amide bonds. The Kier molecular flexibility index (Phi) is 5.90. The predicted octanol–water partition coefficient (Wildman–Crippen LogP) is 1.87. The number of carbonyl (C=O) groups is 4. The fraction of sp³-hybridized carbons (Fsp3) is 0.478. The molecular weight excluding hydrogens is 412 g/mol. The number of amides is 4. The van der Waals surface area contributed by atoms with Gasteiger partial charge >= 0.3 is 12.0 Å². The van der Waals surface area contributed by atoms with Gasteiger partial charge in [-0.15, -0.1) is 0 Å². The summed E-state index contributed by atoms with van der Waals surface area (Å²) >= 11 is 0. The molecule has 32 heavy (non-hydrogen) atoms. The number of benzene rings is 1. The van der Waals surface area contributed by atoms with Gasteiger partial charge in [0, 0.05) is 23.5 Å². The highest BCUT2D eigenvalue weighted by Gasteiger charge is 2.55. The summed E-state index contributed by atoms with van der Waals surface area (Å²) < 4.78 is 4.87. The van der Waals surface area contributed by atoms with Gasteiger partial charge in [0.2, 0.25) is 5.91 Å². The average Bonchev–Trinajstić information content (AvgIpc) is 3.29. The molecule has 1 saturated heterocycles. The minimum atomic E-state index is -0.949. The van der Waals surface area contributed by atoms with Crippen LogP contribution in [0.4, 0.5) is 4.79 Å². The standard InChI is InChI=1S/C23H28N4O5/c1-14-7-5-6-10-23(14)21(30)27(22(31)26-23)13-19(28)25-18(20(29)32-2)11-15-12-24-17-9-4-3-8-16(15)17/h3-4,8-9,12,14,18,24H,5-7,10-11,13H2,1-2H3,(H,25,28)(H,26,31)/t14?,18-,23?/m1/s1. The van der Waals surface area contributed by atoms with E-state index in [0.29, 0.717) is 6.42 Å². The van der Waals surface area contributed by atoms with Gasteiger partial charge in [-0.2, -0.15) is 0 Å². The van der Waals surface area contributed by atoms with Gasteiger partial charge in [0.1, 0.15) is 18.1 Å². The van der Waals surface area contributed by atoms with Crippen molar-refractivity contribution in [1.29, 1.82) is 0 Å². The molecule has 2 unspecified atom stereocenters. The lowest BCUT2D eigenvalue weighted by Crippen LogP contribution is -2.54. The number of nitrogens with zero attached hydrogens (tertiary/aromatic N) is 1. The first-order valence-corrected chi connectivity index (χ1v) is 10.9. The number of esters is 1. The van der Waals surface area contributed by atoms with Crippen molar-refractivity contribution in [2.45, 2.75) is 50.6 Å². The number of para-hydroxylation sites is 1. The third-order valence-corrected chi connectivity index (χ3v) is 6.72. The Morgan fingerprint density at radius 2 is 2.06 bits per heavy atom. The molecule has 2 aromatic rings. The van der Waals surface area contributed by atoms with Crippen LogP contribution in [0.15, 0.2) is 30.5 Å².